The molecule has 0 spiro atoms. The zero-order valence-corrected chi connectivity index (χ0v) is 15.5. The molecule has 4 rings (SSSR count). The molecule has 0 fully saturated rings. The molecule has 0 saturated heterocycles. The van der Waals surface area contributed by atoms with Crippen LogP contribution in [0.2, 0.25) is 10.2 Å². The van der Waals surface area contributed by atoms with Gasteiger partial charge in [0.15, 0.2) is 5.13 Å². The Balaban J connectivity index is 1.55. The highest BCUT2D eigenvalue weighted by Crippen LogP contribution is 2.32. The third-order valence-electron chi connectivity index (χ3n) is 4.06. The summed E-state index contributed by atoms with van der Waals surface area (Å²) < 4.78 is 7.06. The summed E-state index contributed by atoms with van der Waals surface area (Å²) in [6.45, 7) is 0.721. The first-order chi connectivity index (χ1) is 12.0. The quantitative estimate of drug-likeness (QED) is 0.704. The van der Waals surface area contributed by atoms with Crippen LogP contribution < -0.4 is 10.1 Å². The summed E-state index contributed by atoms with van der Waals surface area (Å²) in [6.07, 6.45) is 0.909. The number of carbonyl (C=O) groups excluding carboxylic acids is 1. The van der Waals surface area contributed by atoms with Crippen LogP contribution in [0.3, 0.4) is 0 Å². The molecule has 0 unspecified atom stereocenters. The van der Waals surface area contributed by atoms with Gasteiger partial charge in [-0.1, -0.05) is 23.2 Å². The van der Waals surface area contributed by atoms with Crippen molar-refractivity contribution in [2.24, 2.45) is 7.05 Å². The van der Waals surface area contributed by atoms with E-state index in [0.29, 0.717) is 21.0 Å². The lowest BCUT2D eigenvalue weighted by Gasteiger charge is -2.04. The van der Waals surface area contributed by atoms with Crippen molar-refractivity contribution in [2.45, 2.75) is 6.42 Å². The van der Waals surface area contributed by atoms with E-state index in [1.807, 2.05) is 17.5 Å². The topological polar surface area (TPSA) is 56.2 Å². The van der Waals surface area contributed by atoms with Crippen LogP contribution in [0.1, 0.15) is 16.1 Å². The van der Waals surface area contributed by atoms with Gasteiger partial charge < -0.3 is 9.30 Å². The molecular formula is C17H13Cl2N3O2S. The number of nitrogens with one attached hydrogen (secondary N) is 1. The number of fused-ring (bicyclic) bond motifs is 1. The van der Waals surface area contributed by atoms with E-state index in [0.717, 1.165) is 30.0 Å². The first kappa shape index (κ1) is 16.4. The molecule has 3 heterocycles. The molecular weight excluding hydrogens is 381 g/mol. The summed E-state index contributed by atoms with van der Waals surface area (Å²) in [6, 6.07) is 7.55. The lowest BCUT2D eigenvalue weighted by Crippen LogP contribution is -2.15. The summed E-state index contributed by atoms with van der Waals surface area (Å²) in [5, 5.41) is 5.89. The summed E-state index contributed by atoms with van der Waals surface area (Å²) in [4.78, 5) is 16.9. The van der Waals surface area contributed by atoms with E-state index in [1.54, 1.807) is 7.05 Å². The van der Waals surface area contributed by atoms with Crippen molar-refractivity contribution < 1.29 is 9.53 Å². The molecule has 0 aliphatic carbocycles. The third-order valence-corrected chi connectivity index (χ3v) is 5.66. The number of thiazole rings is 1. The molecule has 0 bridgehead atoms. The second-order valence-corrected chi connectivity index (χ2v) is 7.26. The van der Waals surface area contributed by atoms with Crippen LogP contribution in [0.5, 0.6) is 5.75 Å². The van der Waals surface area contributed by atoms with Gasteiger partial charge in [0.05, 0.1) is 17.3 Å². The van der Waals surface area contributed by atoms with Crippen molar-refractivity contribution in [3.05, 3.63) is 51.1 Å². The van der Waals surface area contributed by atoms with Gasteiger partial charge in [-0.15, -0.1) is 11.3 Å². The Labute approximate surface area is 158 Å². The highest BCUT2D eigenvalue weighted by molar-refractivity contribution is 7.14. The normalized spacial score (nSPS) is 12.8. The average molecular weight is 394 g/mol. The smallest absolute Gasteiger partial charge is 0.274 e. The second-order valence-electron chi connectivity index (χ2n) is 5.64. The minimum atomic E-state index is -0.306. The Morgan fingerprint density at radius 3 is 2.96 bits per heavy atom. The Morgan fingerprint density at radius 1 is 1.36 bits per heavy atom. The number of benzene rings is 1. The summed E-state index contributed by atoms with van der Waals surface area (Å²) in [5.41, 5.74) is 3.38. The van der Waals surface area contributed by atoms with Gasteiger partial charge in [-0.2, -0.15) is 0 Å². The number of halogens is 2. The SMILES string of the molecule is Cn1c(C(=O)Nc2nc(-c3ccc4c(c3)CCO4)cs2)cc(Cl)c1Cl. The second kappa shape index (κ2) is 6.37. The zero-order valence-electron chi connectivity index (χ0n) is 13.2. The molecule has 128 valence electrons. The maximum Gasteiger partial charge on any atom is 0.274 e. The summed E-state index contributed by atoms with van der Waals surface area (Å²) in [7, 11) is 1.68. The van der Waals surface area contributed by atoms with E-state index >= 15 is 0 Å². The molecule has 1 amide bonds. The van der Waals surface area contributed by atoms with Crippen molar-refractivity contribution in [2.75, 3.05) is 11.9 Å². The van der Waals surface area contributed by atoms with Gasteiger partial charge in [0, 0.05) is 24.4 Å². The molecule has 1 N–H and O–H groups in total. The Kier molecular flexibility index (Phi) is 4.19. The van der Waals surface area contributed by atoms with E-state index in [4.69, 9.17) is 27.9 Å². The van der Waals surface area contributed by atoms with Crippen LogP contribution in [0, 0.1) is 0 Å². The summed E-state index contributed by atoms with van der Waals surface area (Å²) in [5.74, 6) is 0.629. The van der Waals surface area contributed by atoms with E-state index in [1.165, 1.54) is 27.5 Å². The molecule has 1 aliphatic heterocycles. The fraction of sp³-hybridized carbons (Fsp3) is 0.176. The number of hydrogen-bond acceptors (Lipinski definition) is 4. The number of rotatable bonds is 3. The van der Waals surface area contributed by atoms with Gasteiger partial charge in [-0.3, -0.25) is 10.1 Å². The highest BCUT2D eigenvalue weighted by Gasteiger charge is 2.18. The van der Waals surface area contributed by atoms with Crippen LogP contribution in [-0.4, -0.2) is 22.1 Å². The Bertz CT molecular complexity index is 980. The largest absolute Gasteiger partial charge is 0.493 e. The Hall–Kier alpha value is -2.02. The van der Waals surface area contributed by atoms with Gasteiger partial charge >= 0.3 is 0 Å². The number of carbonyl (C=O) groups is 1. The van der Waals surface area contributed by atoms with Gasteiger partial charge in [-0.25, -0.2) is 4.98 Å². The first-order valence-corrected chi connectivity index (χ1v) is 9.20. The van der Waals surface area contributed by atoms with Crippen molar-refractivity contribution in [1.29, 1.82) is 0 Å². The molecule has 25 heavy (non-hydrogen) atoms. The van der Waals surface area contributed by atoms with Crippen LogP contribution in [0.25, 0.3) is 11.3 Å². The fourth-order valence-corrected chi connectivity index (χ4v) is 3.82. The standard InChI is InChI=1S/C17H13Cl2N3O2S/c1-22-13(7-11(18)15(22)19)16(23)21-17-20-12(8-25-17)9-2-3-14-10(6-9)4-5-24-14/h2-3,6-8H,4-5H2,1H3,(H,20,21,23). The maximum absolute atomic E-state index is 12.4. The monoisotopic (exact) mass is 393 g/mol. The molecule has 1 aromatic carbocycles. The van der Waals surface area contributed by atoms with Crippen molar-refractivity contribution >= 4 is 45.6 Å². The molecule has 1 aliphatic rings. The van der Waals surface area contributed by atoms with Gasteiger partial charge in [0.1, 0.15) is 16.6 Å². The molecule has 0 atom stereocenters. The maximum atomic E-state index is 12.4. The Morgan fingerprint density at radius 2 is 2.20 bits per heavy atom. The van der Waals surface area contributed by atoms with Crippen LogP contribution in [0.4, 0.5) is 5.13 Å². The van der Waals surface area contributed by atoms with Gasteiger partial charge in [-0.05, 0) is 29.8 Å². The lowest BCUT2D eigenvalue weighted by atomic mass is 10.1. The molecule has 8 heteroatoms. The highest BCUT2D eigenvalue weighted by atomic mass is 35.5. The summed E-state index contributed by atoms with van der Waals surface area (Å²) >= 11 is 13.3. The molecule has 0 radical (unpaired) electrons. The predicted molar refractivity (Wildman–Crippen MR) is 100 cm³/mol. The number of amides is 1. The fourth-order valence-electron chi connectivity index (χ4n) is 2.73. The lowest BCUT2D eigenvalue weighted by molar-refractivity contribution is 0.101. The van der Waals surface area contributed by atoms with Gasteiger partial charge in [0.25, 0.3) is 5.91 Å². The molecule has 5 nitrogen and oxygen atoms in total. The van der Waals surface area contributed by atoms with Crippen molar-refractivity contribution in [3.8, 4) is 17.0 Å². The minimum Gasteiger partial charge on any atom is -0.493 e. The third kappa shape index (κ3) is 3.01. The molecule has 3 aromatic rings. The minimum absolute atomic E-state index is 0.306. The molecule has 0 saturated carbocycles. The van der Waals surface area contributed by atoms with E-state index < -0.39 is 0 Å². The van der Waals surface area contributed by atoms with E-state index in [9.17, 15) is 4.79 Å². The zero-order chi connectivity index (χ0) is 17.6. The number of ether oxygens (including phenoxy) is 1. The molecule has 2 aromatic heterocycles. The van der Waals surface area contributed by atoms with Gasteiger partial charge in [0.2, 0.25) is 0 Å². The van der Waals surface area contributed by atoms with E-state index in [-0.39, 0.29) is 5.91 Å². The average Bonchev–Trinajstić information content (AvgIpc) is 3.30. The van der Waals surface area contributed by atoms with Crippen LogP contribution >= 0.6 is 34.5 Å². The van der Waals surface area contributed by atoms with Crippen LogP contribution in [-0.2, 0) is 13.5 Å². The van der Waals surface area contributed by atoms with Crippen molar-refractivity contribution in [1.82, 2.24) is 9.55 Å². The number of aromatic nitrogens is 2. The van der Waals surface area contributed by atoms with Crippen LogP contribution in [0.15, 0.2) is 29.6 Å². The van der Waals surface area contributed by atoms with Crippen molar-refractivity contribution in [3.63, 3.8) is 0 Å². The van der Waals surface area contributed by atoms with E-state index in [2.05, 4.69) is 16.4 Å². The predicted octanol–water partition coefficient (Wildman–Crippen LogP) is 4.64. The number of nitrogens with zero attached hydrogens (tertiary/aromatic N) is 2. The number of anilines is 1. The number of hydrogen-bond donors (Lipinski definition) is 1. The first-order valence-electron chi connectivity index (χ1n) is 7.56.